The normalized spacial score (nSPS) is 26.7. The third-order valence-corrected chi connectivity index (χ3v) is 2.84. The summed E-state index contributed by atoms with van der Waals surface area (Å²) in [5.41, 5.74) is 0. The van der Waals surface area contributed by atoms with Gasteiger partial charge < -0.3 is 10.2 Å². The molecule has 1 saturated heterocycles. The van der Waals surface area contributed by atoms with Crippen molar-refractivity contribution in [2.75, 3.05) is 13.1 Å². The highest BCUT2D eigenvalue weighted by atomic mass is 16.4. The highest BCUT2D eigenvalue weighted by Crippen LogP contribution is 2.24. The summed E-state index contributed by atoms with van der Waals surface area (Å²) in [5, 5.41) is 17.8. The molecule has 0 radical (unpaired) electrons. The van der Waals surface area contributed by atoms with Gasteiger partial charge in [0.25, 0.3) is 0 Å². The highest BCUT2D eigenvalue weighted by Gasteiger charge is 2.39. The van der Waals surface area contributed by atoms with Gasteiger partial charge in [0.1, 0.15) is 6.04 Å². The van der Waals surface area contributed by atoms with Crippen molar-refractivity contribution in [2.45, 2.75) is 32.2 Å². The molecule has 0 amide bonds. The fraction of sp³-hybridized carbons (Fsp3) is 0.800. The van der Waals surface area contributed by atoms with E-state index < -0.39 is 23.9 Å². The van der Waals surface area contributed by atoms with Crippen molar-refractivity contribution in [1.82, 2.24) is 4.90 Å². The smallest absolute Gasteiger partial charge is 0.320 e. The summed E-state index contributed by atoms with van der Waals surface area (Å²) in [6.07, 6.45) is 2.13. The Balaban J connectivity index is 2.59. The van der Waals surface area contributed by atoms with Crippen LogP contribution >= 0.6 is 0 Å². The molecule has 0 aromatic heterocycles. The van der Waals surface area contributed by atoms with Crippen LogP contribution in [0, 0.1) is 5.92 Å². The van der Waals surface area contributed by atoms with E-state index in [9.17, 15) is 9.59 Å². The summed E-state index contributed by atoms with van der Waals surface area (Å²) in [6.45, 7) is 3.07. The molecule has 1 fully saturated rings. The second kappa shape index (κ2) is 5.11. The molecular formula is C10H17NO4. The summed E-state index contributed by atoms with van der Waals surface area (Å²) in [5.74, 6) is -2.32. The Morgan fingerprint density at radius 1 is 1.33 bits per heavy atom. The molecule has 1 rings (SSSR count). The predicted molar refractivity (Wildman–Crippen MR) is 53.6 cm³/mol. The third kappa shape index (κ3) is 2.92. The monoisotopic (exact) mass is 215 g/mol. The van der Waals surface area contributed by atoms with Crippen LogP contribution in [-0.4, -0.2) is 46.2 Å². The van der Waals surface area contributed by atoms with Crippen LogP contribution in [0.4, 0.5) is 0 Å². The number of likely N-dealkylation sites (tertiary alicyclic amines) is 1. The number of carboxylic acids is 2. The summed E-state index contributed by atoms with van der Waals surface area (Å²) in [7, 11) is 0. The van der Waals surface area contributed by atoms with Gasteiger partial charge in [-0.3, -0.25) is 14.5 Å². The van der Waals surface area contributed by atoms with Crippen LogP contribution in [0.2, 0.25) is 0 Å². The Kier molecular flexibility index (Phi) is 4.08. The van der Waals surface area contributed by atoms with Crippen molar-refractivity contribution < 1.29 is 19.8 Å². The minimum Gasteiger partial charge on any atom is -0.481 e. The molecule has 86 valence electrons. The lowest BCUT2D eigenvalue weighted by atomic mass is 10.1. The molecule has 5 nitrogen and oxygen atoms in total. The Morgan fingerprint density at radius 3 is 2.47 bits per heavy atom. The summed E-state index contributed by atoms with van der Waals surface area (Å²) in [6, 6.07) is -0.613. The molecule has 0 aliphatic carbocycles. The van der Waals surface area contributed by atoms with Gasteiger partial charge >= 0.3 is 11.9 Å². The maximum absolute atomic E-state index is 10.9. The van der Waals surface area contributed by atoms with E-state index in [4.69, 9.17) is 10.2 Å². The van der Waals surface area contributed by atoms with Gasteiger partial charge in [0, 0.05) is 6.54 Å². The standard InChI is InChI=1S/C10H17NO4/c1-2-3-4-11-6-7(9(12)13)5-8(11)10(14)15/h7-8H,2-6H2,1H3,(H,12,13)(H,14,15). The summed E-state index contributed by atoms with van der Waals surface area (Å²) >= 11 is 0. The van der Waals surface area contributed by atoms with E-state index in [1.54, 1.807) is 4.90 Å². The Hall–Kier alpha value is -1.10. The molecule has 2 unspecified atom stereocenters. The molecule has 2 N–H and O–H groups in total. The van der Waals surface area contributed by atoms with Crippen LogP contribution in [0.5, 0.6) is 0 Å². The first kappa shape index (κ1) is 12.0. The SMILES string of the molecule is CCCCN1CC(C(=O)O)CC1C(=O)O. The number of hydrogen-bond acceptors (Lipinski definition) is 3. The molecule has 1 heterocycles. The number of rotatable bonds is 5. The number of carbonyl (C=O) groups is 2. The first-order chi connectivity index (χ1) is 7.06. The minimum atomic E-state index is -0.908. The Morgan fingerprint density at radius 2 is 2.00 bits per heavy atom. The van der Waals surface area contributed by atoms with Gasteiger partial charge in [-0.05, 0) is 19.4 Å². The molecule has 5 heteroatoms. The zero-order valence-corrected chi connectivity index (χ0v) is 8.85. The van der Waals surface area contributed by atoms with E-state index in [1.165, 1.54) is 0 Å². The lowest BCUT2D eigenvalue weighted by molar-refractivity contribution is -0.142. The molecule has 0 saturated carbocycles. The van der Waals surface area contributed by atoms with E-state index in [1.807, 2.05) is 6.92 Å². The van der Waals surface area contributed by atoms with Crippen molar-refractivity contribution in [2.24, 2.45) is 5.92 Å². The number of hydrogen-bond donors (Lipinski definition) is 2. The van der Waals surface area contributed by atoms with E-state index in [-0.39, 0.29) is 6.42 Å². The molecule has 0 aromatic carbocycles. The minimum absolute atomic E-state index is 0.231. The van der Waals surface area contributed by atoms with Gasteiger partial charge in [-0.1, -0.05) is 13.3 Å². The molecule has 15 heavy (non-hydrogen) atoms. The molecule has 2 atom stereocenters. The fourth-order valence-corrected chi connectivity index (χ4v) is 1.95. The van der Waals surface area contributed by atoms with Crippen LogP contribution < -0.4 is 0 Å². The van der Waals surface area contributed by atoms with E-state index >= 15 is 0 Å². The van der Waals surface area contributed by atoms with Crippen LogP contribution in [0.3, 0.4) is 0 Å². The molecule has 1 aliphatic rings. The van der Waals surface area contributed by atoms with Crippen LogP contribution in [0.15, 0.2) is 0 Å². The van der Waals surface area contributed by atoms with Crippen molar-refractivity contribution in [1.29, 1.82) is 0 Å². The summed E-state index contributed by atoms with van der Waals surface area (Å²) < 4.78 is 0. The lowest BCUT2D eigenvalue weighted by Crippen LogP contribution is -2.36. The number of carboxylic acid groups (broad SMARTS) is 2. The largest absolute Gasteiger partial charge is 0.481 e. The first-order valence-corrected chi connectivity index (χ1v) is 5.26. The highest BCUT2D eigenvalue weighted by molar-refractivity contribution is 5.77. The quantitative estimate of drug-likeness (QED) is 0.704. The van der Waals surface area contributed by atoms with E-state index in [0.29, 0.717) is 13.1 Å². The number of nitrogens with zero attached hydrogens (tertiary/aromatic N) is 1. The number of unbranched alkanes of at least 4 members (excludes halogenated alkanes) is 1. The average Bonchev–Trinajstić information content (AvgIpc) is 2.58. The zero-order valence-electron chi connectivity index (χ0n) is 8.85. The van der Waals surface area contributed by atoms with E-state index in [2.05, 4.69) is 0 Å². The predicted octanol–water partition coefficient (Wildman–Crippen LogP) is 0.646. The van der Waals surface area contributed by atoms with Gasteiger partial charge in [0.2, 0.25) is 0 Å². The maximum Gasteiger partial charge on any atom is 0.320 e. The Labute approximate surface area is 88.7 Å². The average molecular weight is 215 g/mol. The second-order valence-electron chi connectivity index (χ2n) is 3.97. The molecule has 0 aromatic rings. The van der Waals surface area contributed by atoms with Gasteiger partial charge in [0.15, 0.2) is 0 Å². The number of aliphatic carboxylic acids is 2. The fourth-order valence-electron chi connectivity index (χ4n) is 1.95. The van der Waals surface area contributed by atoms with Gasteiger partial charge in [-0.25, -0.2) is 0 Å². The van der Waals surface area contributed by atoms with Gasteiger partial charge in [0.05, 0.1) is 5.92 Å². The van der Waals surface area contributed by atoms with Gasteiger partial charge in [-0.15, -0.1) is 0 Å². The van der Waals surface area contributed by atoms with Gasteiger partial charge in [-0.2, -0.15) is 0 Å². The molecule has 1 aliphatic heterocycles. The van der Waals surface area contributed by atoms with Crippen LogP contribution in [-0.2, 0) is 9.59 Å². The van der Waals surface area contributed by atoms with Crippen LogP contribution in [0.25, 0.3) is 0 Å². The molecular weight excluding hydrogens is 198 g/mol. The maximum atomic E-state index is 10.9. The van der Waals surface area contributed by atoms with Crippen LogP contribution in [0.1, 0.15) is 26.2 Å². The topological polar surface area (TPSA) is 77.8 Å². The van der Waals surface area contributed by atoms with Crippen molar-refractivity contribution in [3.63, 3.8) is 0 Å². The van der Waals surface area contributed by atoms with Crippen molar-refractivity contribution in [3.05, 3.63) is 0 Å². The van der Waals surface area contributed by atoms with Crippen molar-refractivity contribution >= 4 is 11.9 Å². The third-order valence-electron chi connectivity index (χ3n) is 2.84. The lowest BCUT2D eigenvalue weighted by Gasteiger charge is -2.20. The first-order valence-electron chi connectivity index (χ1n) is 5.26. The second-order valence-corrected chi connectivity index (χ2v) is 3.97. The zero-order chi connectivity index (χ0) is 11.4. The summed E-state index contributed by atoms with van der Waals surface area (Å²) in [4.78, 5) is 23.4. The van der Waals surface area contributed by atoms with E-state index in [0.717, 1.165) is 12.8 Å². The molecule has 0 spiro atoms. The Bertz CT molecular complexity index is 254. The molecule has 0 bridgehead atoms. The van der Waals surface area contributed by atoms with Crippen molar-refractivity contribution in [3.8, 4) is 0 Å².